The fourth-order valence-corrected chi connectivity index (χ4v) is 2.65. The molecule has 0 radical (unpaired) electrons. The molecule has 7 nitrogen and oxygen atoms in total. The highest BCUT2D eigenvalue weighted by Crippen LogP contribution is 2.30. The normalized spacial score (nSPS) is 13.6. The Bertz CT molecular complexity index is 806. The van der Waals surface area contributed by atoms with Gasteiger partial charge in [-0.1, -0.05) is 6.07 Å². The van der Waals surface area contributed by atoms with Crippen LogP contribution in [0.3, 0.4) is 0 Å². The van der Waals surface area contributed by atoms with Gasteiger partial charge in [0.05, 0.1) is 18.7 Å². The van der Waals surface area contributed by atoms with Gasteiger partial charge >= 0.3 is 5.97 Å². The van der Waals surface area contributed by atoms with Crippen LogP contribution in [0.4, 0.5) is 0 Å². The Balaban J connectivity index is 1.75. The number of aliphatic carboxylic acids is 1. The molecule has 1 unspecified atom stereocenters. The second kappa shape index (κ2) is 7.31. The van der Waals surface area contributed by atoms with E-state index in [2.05, 4.69) is 10.3 Å². The summed E-state index contributed by atoms with van der Waals surface area (Å²) in [7, 11) is 1.28. The molecule has 0 bridgehead atoms. The number of rotatable bonds is 6. The zero-order valence-corrected chi connectivity index (χ0v) is 13.7. The first kappa shape index (κ1) is 16.9. The number of fused-ring (bicyclic) bond motifs is 1. The molecule has 1 amide bonds. The van der Waals surface area contributed by atoms with E-state index < -0.39 is 18.0 Å². The molecule has 0 aliphatic carbocycles. The van der Waals surface area contributed by atoms with Crippen LogP contribution in [0.1, 0.15) is 15.9 Å². The number of hydrogen-bond acceptors (Lipinski definition) is 5. The van der Waals surface area contributed by atoms with Crippen molar-refractivity contribution >= 4 is 11.9 Å². The van der Waals surface area contributed by atoms with Crippen molar-refractivity contribution in [3.8, 4) is 16.9 Å². The fraction of sp³-hybridized carbons (Fsp3) is 0.278. The molecule has 130 valence electrons. The Morgan fingerprint density at radius 3 is 2.92 bits per heavy atom. The summed E-state index contributed by atoms with van der Waals surface area (Å²) in [6.07, 6.45) is 2.91. The number of hydrogen-bond donors (Lipinski definition) is 2. The minimum absolute atomic E-state index is 0.120. The molecule has 25 heavy (non-hydrogen) atoms. The minimum atomic E-state index is -1.13. The fourth-order valence-electron chi connectivity index (χ4n) is 2.65. The van der Waals surface area contributed by atoms with E-state index in [9.17, 15) is 9.59 Å². The molecule has 1 aromatic carbocycles. The number of pyridine rings is 1. The van der Waals surface area contributed by atoms with Gasteiger partial charge in [0.1, 0.15) is 5.75 Å². The van der Waals surface area contributed by atoms with Gasteiger partial charge in [-0.15, -0.1) is 0 Å². The zero-order valence-electron chi connectivity index (χ0n) is 13.7. The lowest BCUT2D eigenvalue weighted by atomic mass is 10.0. The predicted octanol–water partition coefficient (Wildman–Crippen LogP) is 1.51. The summed E-state index contributed by atoms with van der Waals surface area (Å²) in [5.74, 6) is -0.637. The second-order valence-electron chi connectivity index (χ2n) is 5.66. The summed E-state index contributed by atoms with van der Waals surface area (Å²) in [4.78, 5) is 27.3. The predicted molar refractivity (Wildman–Crippen MR) is 89.6 cm³/mol. The second-order valence-corrected chi connectivity index (χ2v) is 5.66. The van der Waals surface area contributed by atoms with Crippen LogP contribution in [0.15, 0.2) is 36.7 Å². The lowest BCUT2D eigenvalue weighted by Gasteiger charge is -2.12. The first-order chi connectivity index (χ1) is 12.1. The highest BCUT2D eigenvalue weighted by atomic mass is 16.5. The average Bonchev–Trinajstić information content (AvgIpc) is 3.09. The maximum absolute atomic E-state index is 12.2. The van der Waals surface area contributed by atoms with Crippen LogP contribution < -0.4 is 10.1 Å². The van der Waals surface area contributed by atoms with Gasteiger partial charge in [0, 0.05) is 31.5 Å². The largest absolute Gasteiger partial charge is 0.493 e. The van der Waals surface area contributed by atoms with E-state index in [1.54, 1.807) is 12.3 Å². The van der Waals surface area contributed by atoms with Crippen LogP contribution in [0.5, 0.6) is 5.75 Å². The summed E-state index contributed by atoms with van der Waals surface area (Å²) in [6.45, 7) is 0.564. The Morgan fingerprint density at radius 1 is 1.32 bits per heavy atom. The molecule has 0 fully saturated rings. The molecule has 2 N–H and O–H groups in total. The summed E-state index contributed by atoms with van der Waals surface area (Å²) >= 11 is 0. The highest BCUT2D eigenvalue weighted by molar-refractivity contribution is 5.95. The van der Waals surface area contributed by atoms with Crippen LogP contribution in [0, 0.1) is 0 Å². The van der Waals surface area contributed by atoms with Crippen molar-refractivity contribution < 1.29 is 24.2 Å². The van der Waals surface area contributed by atoms with Crippen molar-refractivity contribution in [3.63, 3.8) is 0 Å². The lowest BCUT2D eigenvalue weighted by Crippen LogP contribution is -2.37. The Morgan fingerprint density at radius 2 is 2.16 bits per heavy atom. The van der Waals surface area contributed by atoms with E-state index in [0.717, 1.165) is 28.9 Å². The van der Waals surface area contributed by atoms with Crippen LogP contribution in [-0.4, -0.2) is 48.3 Å². The molecule has 0 spiro atoms. The summed E-state index contributed by atoms with van der Waals surface area (Å²) in [5, 5.41) is 11.5. The zero-order chi connectivity index (χ0) is 17.8. The molecule has 2 heterocycles. The quantitative estimate of drug-likeness (QED) is 0.826. The molecule has 3 rings (SSSR count). The molecule has 0 saturated carbocycles. The number of carboxylic acid groups (broad SMARTS) is 1. The van der Waals surface area contributed by atoms with Gasteiger partial charge < -0.3 is 19.9 Å². The van der Waals surface area contributed by atoms with E-state index in [1.165, 1.54) is 13.3 Å². The van der Waals surface area contributed by atoms with Crippen LogP contribution in [0.2, 0.25) is 0 Å². The summed E-state index contributed by atoms with van der Waals surface area (Å²) in [6, 6.07) is 7.60. The number of ether oxygens (including phenoxy) is 2. The Kier molecular flexibility index (Phi) is 4.95. The van der Waals surface area contributed by atoms with Crippen LogP contribution >= 0.6 is 0 Å². The third kappa shape index (κ3) is 3.77. The van der Waals surface area contributed by atoms with Crippen molar-refractivity contribution in [1.29, 1.82) is 0 Å². The minimum Gasteiger partial charge on any atom is -0.493 e. The number of benzene rings is 1. The van der Waals surface area contributed by atoms with Crippen molar-refractivity contribution in [3.05, 3.63) is 47.8 Å². The molecule has 0 saturated heterocycles. The smallest absolute Gasteiger partial charge is 0.334 e. The van der Waals surface area contributed by atoms with Crippen molar-refractivity contribution in [1.82, 2.24) is 10.3 Å². The number of carbonyl (C=O) groups is 2. The number of nitrogens with one attached hydrogen (secondary N) is 1. The monoisotopic (exact) mass is 342 g/mol. The van der Waals surface area contributed by atoms with Gasteiger partial charge in [0.15, 0.2) is 6.10 Å². The molecule has 7 heteroatoms. The average molecular weight is 342 g/mol. The van der Waals surface area contributed by atoms with E-state index in [-0.39, 0.29) is 6.54 Å². The third-order valence-electron chi connectivity index (χ3n) is 4.03. The van der Waals surface area contributed by atoms with Gasteiger partial charge in [-0.3, -0.25) is 9.78 Å². The summed E-state index contributed by atoms with van der Waals surface area (Å²) < 4.78 is 10.3. The first-order valence-electron chi connectivity index (χ1n) is 7.83. The number of nitrogens with zero attached hydrogens (tertiary/aromatic N) is 1. The van der Waals surface area contributed by atoms with Gasteiger partial charge in [0.25, 0.3) is 5.91 Å². The van der Waals surface area contributed by atoms with Crippen molar-refractivity contribution in [2.45, 2.75) is 12.5 Å². The summed E-state index contributed by atoms with van der Waals surface area (Å²) in [5.41, 5.74) is 3.25. The maximum Gasteiger partial charge on any atom is 0.334 e. The van der Waals surface area contributed by atoms with Crippen molar-refractivity contribution in [2.75, 3.05) is 20.3 Å². The Hall–Kier alpha value is -2.93. The van der Waals surface area contributed by atoms with Gasteiger partial charge in [-0.25, -0.2) is 4.79 Å². The van der Waals surface area contributed by atoms with Crippen molar-refractivity contribution in [2.24, 2.45) is 0 Å². The van der Waals surface area contributed by atoms with Crippen LogP contribution in [-0.2, 0) is 16.0 Å². The van der Waals surface area contributed by atoms with E-state index >= 15 is 0 Å². The number of carbonyl (C=O) groups excluding carboxylic acids is 1. The molecular formula is C18H18N2O5. The SMILES string of the molecule is COC(CNC(=O)c1cncc(-c2ccc3c(c2)CCO3)c1)C(=O)O. The number of aromatic nitrogens is 1. The van der Waals surface area contributed by atoms with Crippen LogP contribution in [0.25, 0.3) is 11.1 Å². The molecule has 1 atom stereocenters. The molecule has 1 aliphatic heterocycles. The molecular weight excluding hydrogens is 324 g/mol. The topological polar surface area (TPSA) is 97.8 Å². The van der Waals surface area contributed by atoms with E-state index in [4.69, 9.17) is 14.6 Å². The number of methoxy groups -OCH3 is 1. The number of carboxylic acids is 1. The highest BCUT2D eigenvalue weighted by Gasteiger charge is 2.18. The molecule has 1 aliphatic rings. The van der Waals surface area contributed by atoms with Gasteiger partial charge in [-0.05, 0) is 29.3 Å². The van der Waals surface area contributed by atoms with E-state index in [1.807, 2.05) is 18.2 Å². The first-order valence-corrected chi connectivity index (χ1v) is 7.83. The Labute approximate surface area is 144 Å². The third-order valence-corrected chi connectivity index (χ3v) is 4.03. The molecule has 2 aromatic rings. The van der Waals surface area contributed by atoms with E-state index in [0.29, 0.717) is 12.2 Å². The number of amides is 1. The standard InChI is InChI=1S/C18H18N2O5/c1-24-16(18(22)23)10-20-17(21)14-7-13(8-19-9-14)11-2-3-15-12(6-11)4-5-25-15/h2-3,6-9,16H,4-5,10H2,1H3,(H,20,21)(H,22,23). The van der Waals surface area contributed by atoms with Gasteiger partial charge in [-0.2, -0.15) is 0 Å². The molecule has 1 aromatic heterocycles. The lowest BCUT2D eigenvalue weighted by molar-refractivity contribution is -0.148. The van der Waals surface area contributed by atoms with Gasteiger partial charge in [0.2, 0.25) is 0 Å². The maximum atomic E-state index is 12.2.